The predicted octanol–water partition coefficient (Wildman–Crippen LogP) is 4.29. The number of aliphatic hydroxyl groups excluding tert-OH is 2. The van der Waals surface area contributed by atoms with Gasteiger partial charge < -0.3 is 14.9 Å². The topological polar surface area (TPSA) is 49.7 Å². The SMILES string of the molecule is Cc1cc(C)c(C=C[C@@H]2C[C@@H](O)CC(O)O2)c(-c2ccc(F)c(C)c2)c1. The van der Waals surface area contributed by atoms with E-state index in [1.54, 1.807) is 13.0 Å². The zero-order valence-electron chi connectivity index (χ0n) is 15.4. The second-order valence-electron chi connectivity index (χ2n) is 7.12. The molecule has 0 aromatic heterocycles. The van der Waals surface area contributed by atoms with Crippen LogP contribution in [0.4, 0.5) is 4.39 Å². The molecule has 1 unspecified atom stereocenters. The molecule has 1 heterocycles. The van der Waals surface area contributed by atoms with E-state index in [1.165, 1.54) is 6.07 Å². The van der Waals surface area contributed by atoms with Gasteiger partial charge in [0.15, 0.2) is 6.29 Å². The Morgan fingerprint density at radius 2 is 1.81 bits per heavy atom. The first-order chi connectivity index (χ1) is 12.3. The first-order valence-corrected chi connectivity index (χ1v) is 8.91. The summed E-state index contributed by atoms with van der Waals surface area (Å²) in [5.74, 6) is -0.214. The highest BCUT2D eigenvalue weighted by Crippen LogP contribution is 2.31. The van der Waals surface area contributed by atoms with Gasteiger partial charge in [-0.1, -0.05) is 35.9 Å². The molecule has 0 radical (unpaired) electrons. The van der Waals surface area contributed by atoms with E-state index in [0.29, 0.717) is 12.0 Å². The monoisotopic (exact) mass is 356 g/mol. The molecule has 2 aromatic carbocycles. The Hall–Kier alpha value is -2.01. The Kier molecular flexibility index (Phi) is 5.56. The molecule has 1 aliphatic heterocycles. The molecule has 1 aliphatic rings. The molecule has 2 aromatic rings. The lowest BCUT2D eigenvalue weighted by atomic mass is 9.92. The highest BCUT2D eigenvalue weighted by Gasteiger charge is 2.25. The third-order valence-electron chi connectivity index (χ3n) is 4.79. The van der Waals surface area contributed by atoms with Crippen molar-refractivity contribution >= 4 is 6.08 Å². The predicted molar refractivity (Wildman–Crippen MR) is 101 cm³/mol. The summed E-state index contributed by atoms with van der Waals surface area (Å²) in [4.78, 5) is 0. The summed E-state index contributed by atoms with van der Waals surface area (Å²) in [6.45, 7) is 5.84. The van der Waals surface area contributed by atoms with E-state index < -0.39 is 12.4 Å². The van der Waals surface area contributed by atoms with E-state index in [0.717, 1.165) is 27.8 Å². The quantitative estimate of drug-likeness (QED) is 0.863. The van der Waals surface area contributed by atoms with Gasteiger partial charge in [0.2, 0.25) is 0 Å². The average molecular weight is 356 g/mol. The molecule has 2 N–H and O–H groups in total. The Morgan fingerprint density at radius 3 is 2.50 bits per heavy atom. The van der Waals surface area contributed by atoms with Crippen molar-refractivity contribution in [3.8, 4) is 11.1 Å². The maximum Gasteiger partial charge on any atom is 0.157 e. The van der Waals surface area contributed by atoms with Gasteiger partial charge in [-0.2, -0.15) is 0 Å². The van der Waals surface area contributed by atoms with Crippen molar-refractivity contribution in [1.29, 1.82) is 0 Å². The van der Waals surface area contributed by atoms with E-state index in [9.17, 15) is 14.6 Å². The van der Waals surface area contributed by atoms with Crippen LogP contribution in [0, 0.1) is 26.6 Å². The summed E-state index contributed by atoms with van der Waals surface area (Å²) in [6, 6.07) is 9.33. The number of hydrogen-bond donors (Lipinski definition) is 2. The van der Waals surface area contributed by atoms with Crippen molar-refractivity contribution in [2.45, 2.75) is 52.1 Å². The van der Waals surface area contributed by atoms with E-state index in [1.807, 2.05) is 32.1 Å². The molecule has 1 saturated heterocycles. The molecule has 3 atom stereocenters. The number of ether oxygens (including phenoxy) is 1. The first-order valence-electron chi connectivity index (χ1n) is 8.91. The van der Waals surface area contributed by atoms with Crippen LogP contribution in [0.1, 0.15) is 35.1 Å². The van der Waals surface area contributed by atoms with Crippen molar-refractivity contribution in [3.05, 3.63) is 64.5 Å². The molecular formula is C22H25FO3. The summed E-state index contributed by atoms with van der Waals surface area (Å²) < 4.78 is 19.1. The number of halogens is 1. The Morgan fingerprint density at radius 1 is 1.04 bits per heavy atom. The second kappa shape index (κ2) is 7.70. The van der Waals surface area contributed by atoms with Crippen molar-refractivity contribution in [1.82, 2.24) is 0 Å². The van der Waals surface area contributed by atoms with Gasteiger partial charge in [0.25, 0.3) is 0 Å². The number of benzene rings is 2. The Labute approximate surface area is 153 Å². The van der Waals surface area contributed by atoms with Gasteiger partial charge in [-0.3, -0.25) is 0 Å². The fourth-order valence-electron chi connectivity index (χ4n) is 3.49. The zero-order valence-corrected chi connectivity index (χ0v) is 15.4. The first kappa shape index (κ1) is 18.8. The third-order valence-corrected chi connectivity index (χ3v) is 4.79. The van der Waals surface area contributed by atoms with E-state index in [2.05, 4.69) is 12.1 Å². The van der Waals surface area contributed by atoms with Crippen LogP contribution in [0.15, 0.2) is 36.4 Å². The summed E-state index contributed by atoms with van der Waals surface area (Å²) in [7, 11) is 0. The van der Waals surface area contributed by atoms with Gasteiger partial charge in [-0.15, -0.1) is 0 Å². The summed E-state index contributed by atoms with van der Waals surface area (Å²) in [5, 5.41) is 19.5. The van der Waals surface area contributed by atoms with Crippen LogP contribution in [0.3, 0.4) is 0 Å². The zero-order chi connectivity index (χ0) is 18.8. The standard InChI is InChI=1S/C22H25FO3/c1-13-8-14(2)19(6-5-18-11-17(24)12-22(25)26-18)20(9-13)16-4-7-21(23)15(3)10-16/h4-10,17-18,22,24-25H,11-12H2,1-3H3/t17-,18-,22?/m1/s1. The lowest BCUT2D eigenvalue weighted by molar-refractivity contribution is -0.175. The van der Waals surface area contributed by atoms with Crippen LogP contribution < -0.4 is 0 Å². The molecule has 0 amide bonds. The normalized spacial score (nSPS) is 23.5. The van der Waals surface area contributed by atoms with E-state index >= 15 is 0 Å². The van der Waals surface area contributed by atoms with E-state index in [4.69, 9.17) is 4.74 Å². The van der Waals surface area contributed by atoms with E-state index in [-0.39, 0.29) is 18.3 Å². The van der Waals surface area contributed by atoms with Crippen molar-refractivity contribution in [2.24, 2.45) is 0 Å². The van der Waals surface area contributed by atoms with Crippen molar-refractivity contribution < 1.29 is 19.3 Å². The fourth-order valence-corrected chi connectivity index (χ4v) is 3.49. The molecule has 0 saturated carbocycles. The fraction of sp³-hybridized carbons (Fsp3) is 0.364. The molecule has 0 spiro atoms. The molecule has 26 heavy (non-hydrogen) atoms. The van der Waals surface area contributed by atoms with Crippen LogP contribution in [0.2, 0.25) is 0 Å². The molecule has 0 bridgehead atoms. The minimum atomic E-state index is -0.938. The summed E-state index contributed by atoms with van der Waals surface area (Å²) in [5.41, 5.74) is 5.86. The molecule has 3 rings (SSSR count). The second-order valence-corrected chi connectivity index (χ2v) is 7.12. The van der Waals surface area contributed by atoms with Crippen molar-refractivity contribution in [2.75, 3.05) is 0 Å². The molecule has 138 valence electrons. The molecular weight excluding hydrogens is 331 g/mol. The van der Waals surface area contributed by atoms with Gasteiger partial charge in [-0.05, 0) is 60.7 Å². The van der Waals surface area contributed by atoms with Gasteiger partial charge in [0, 0.05) is 12.8 Å². The minimum absolute atomic E-state index is 0.214. The number of hydrogen-bond acceptors (Lipinski definition) is 3. The molecule has 4 heteroatoms. The van der Waals surface area contributed by atoms with Crippen LogP contribution >= 0.6 is 0 Å². The van der Waals surface area contributed by atoms with Gasteiger partial charge in [0.05, 0.1) is 12.2 Å². The van der Waals surface area contributed by atoms with Crippen LogP contribution in [0.5, 0.6) is 0 Å². The summed E-state index contributed by atoms with van der Waals surface area (Å²) in [6.07, 6.45) is 2.72. The van der Waals surface area contributed by atoms with Crippen LogP contribution in [-0.4, -0.2) is 28.7 Å². The largest absolute Gasteiger partial charge is 0.393 e. The smallest absolute Gasteiger partial charge is 0.157 e. The summed E-state index contributed by atoms with van der Waals surface area (Å²) >= 11 is 0. The highest BCUT2D eigenvalue weighted by atomic mass is 19.1. The molecule has 3 nitrogen and oxygen atoms in total. The van der Waals surface area contributed by atoms with Crippen molar-refractivity contribution in [3.63, 3.8) is 0 Å². The lowest BCUT2D eigenvalue weighted by Crippen LogP contribution is -2.34. The van der Waals surface area contributed by atoms with Gasteiger partial charge in [-0.25, -0.2) is 4.39 Å². The Balaban J connectivity index is 1.98. The minimum Gasteiger partial charge on any atom is -0.393 e. The van der Waals surface area contributed by atoms with Crippen LogP contribution in [0.25, 0.3) is 17.2 Å². The number of aryl methyl sites for hydroxylation is 3. The van der Waals surface area contributed by atoms with Gasteiger partial charge in [0.1, 0.15) is 5.82 Å². The van der Waals surface area contributed by atoms with Gasteiger partial charge >= 0.3 is 0 Å². The maximum atomic E-state index is 13.7. The Bertz CT molecular complexity index is 818. The average Bonchev–Trinajstić information content (AvgIpc) is 2.55. The highest BCUT2D eigenvalue weighted by molar-refractivity contribution is 5.78. The number of aliphatic hydroxyl groups is 2. The third kappa shape index (κ3) is 4.21. The molecule has 0 aliphatic carbocycles. The number of rotatable bonds is 3. The maximum absolute atomic E-state index is 13.7. The lowest BCUT2D eigenvalue weighted by Gasteiger charge is -2.28. The molecule has 1 fully saturated rings. The van der Waals surface area contributed by atoms with Crippen LogP contribution in [-0.2, 0) is 4.74 Å².